The minimum Gasteiger partial charge on any atom is -0.384 e. The van der Waals surface area contributed by atoms with Crippen LogP contribution in [0.4, 0.5) is 24.5 Å². The second-order valence-electron chi connectivity index (χ2n) is 3.83. The number of carbonyl (C=O) groups is 1. The molecule has 0 unspecified atom stereocenters. The van der Waals surface area contributed by atoms with Crippen LogP contribution in [-0.4, -0.2) is 24.4 Å². The number of hydrogen-bond acceptors (Lipinski definition) is 4. The third kappa shape index (κ3) is 4.11. The van der Waals surface area contributed by atoms with Crippen molar-refractivity contribution >= 4 is 17.3 Å². The molecule has 1 aromatic carbocycles. The number of nitro benzene ring substituents is 1. The van der Waals surface area contributed by atoms with E-state index in [2.05, 4.69) is 10.6 Å². The highest BCUT2D eigenvalue weighted by Crippen LogP contribution is 2.36. The summed E-state index contributed by atoms with van der Waals surface area (Å²) in [5, 5.41) is 15.3. The Bertz CT molecular complexity index is 517. The fourth-order valence-electron chi connectivity index (χ4n) is 1.47. The minimum atomic E-state index is -4.72. The quantitative estimate of drug-likeness (QED) is 0.643. The van der Waals surface area contributed by atoms with Crippen molar-refractivity contribution < 1.29 is 22.9 Å². The summed E-state index contributed by atoms with van der Waals surface area (Å²) in [5.41, 5.74) is -2.08. The number of nitrogens with zero attached hydrogens (tertiary/aromatic N) is 1. The maximum atomic E-state index is 12.8. The lowest BCUT2D eigenvalue weighted by molar-refractivity contribution is -0.385. The maximum Gasteiger partial charge on any atom is 0.418 e. The van der Waals surface area contributed by atoms with Crippen LogP contribution in [0.1, 0.15) is 12.0 Å². The molecule has 0 aliphatic rings. The molecule has 1 rings (SSSR count). The van der Waals surface area contributed by atoms with E-state index in [1.54, 1.807) is 0 Å². The van der Waals surface area contributed by atoms with Crippen LogP contribution < -0.4 is 10.6 Å². The van der Waals surface area contributed by atoms with E-state index in [1.807, 2.05) is 0 Å². The van der Waals surface area contributed by atoms with Gasteiger partial charge in [-0.15, -0.1) is 0 Å². The number of carbonyl (C=O) groups excluding carboxylic acids is 1. The Morgan fingerprint density at radius 3 is 2.55 bits per heavy atom. The van der Waals surface area contributed by atoms with Crippen LogP contribution in [0.25, 0.3) is 0 Å². The Morgan fingerprint density at radius 1 is 1.40 bits per heavy atom. The Balaban J connectivity index is 2.95. The molecule has 0 saturated carbocycles. The van der Waals surface area contributed by atoms with Gasteiger partial charge in [-0.2, -0.15) is 13.2 Å². The van der Waals surface area contributed by atoms with Crippen LogP contribution >= 0.6 is 0 Å². The summed E-state index contributed by atoms with van der Waals surface area (Å²) in [6.45, 7) is -0.0133. The number of hydrogen-bond donors (Lipinski definition) is 2. The van der Waals surface area contributed by atoms with E-state index >= 15 is 0 Å². The van der Waals surface area contributed by atoms with Gasteiger partial charge in [0.25, 0.3) is 5.69 Å². The van der Waals surface area contributed by atoms with Crippen molar-refractivity contribution in [3.05, 3.63) is 33.9 Å². The molecule has 0 aromatic heterocycles. The zero-order chi connectivity index (χ0) is 15.3. The van der Waals surface area contributed by atoms with Crippen LogP contribution in [0.2, 0.25) is 0 Å². The predicted octanol–water partition coefficient (Wildman–Crippen LogP) is 2.16. The van der Waals surface area contributed by atoms with Crippen molar-refractivity contribution in [3.63, 3.8) is 0 Å². The molecule has 0 aliphatic heterocycles. The first-order valence-electron chi connectivity index (χ1n) is 5.55. The van der Waals surface area contributed by atoms with Crippen LogP contribution in [0, 0.1) is 10.1 Å². The van der Waals surface area contributed by atoms with E-state index in [4.69, 9.17) is 0 Å². The molecule has 0 spiro atoms. The summed E-state index contributed by atoms with van der Waals surface area (Å²) in [5.74, 6) is -0.326. The predicted molar refractivity (Wildman–Crippen MR) is 65.3 cm³/mol. The lowest BCUT2D eigenvalue weighted by Gasteiger charge is -2.14. The first-order chi connectivity index (χ1) is 9.25. The van der Waals surface area contributed by atoms with E-state index < -0.39 is 22.4 Å². The number of anilines is 1. The highest BCUT2D eigenvalue weighted by Gasteiger charge is 2.35. The Labute approximate surface area is 112 Å². The van der Waals surface area contributed by atoms with Gasteiger partial charge in [-0.25, -0.2) is 0 Å². The monoisotopic (exact) mass is 291 g/mol. The van der Waals surface area contributed by atoms with E-state index in [1.165, 1.54) is 7.05 Å². The molecule has 0 fully saturated rings. The number of alkyl halides is 3. The van der Waals surface area contributed by atoms with Crippen molar-refractivity contribution in [2.45, 2.75) is 12.6 Å². The third-order valence-corrected chi connectivity index (χ3v) is 2.47. The van der Waals surface area contributed by atoms with Crippen LogP contribution in [-0.2, 0) is 11.0 Å². The van der Waals surface area contributed by atoms with Gasteiger partial charge in [-0.05, 0) is 6.07 Å². The van der Waals surface area contributed by atoms with E-state index in [0.717, 1.165) is 12.1 Å². The Morgan fingerprint density at radius 2 is 2.05 bits per heavy atom. The molecule has 20 heavy (non-hydrogen) atoms. The standard InChI is InChI=1S/C11H12F3N3O3/c1-15-10(18)4-5-16-9-3-2-7(17(19)20)6-8(9)11(12,13)14/h2-3,6,16H,4-5H2,1H3,(H,15,18). The van der Waals surface area contributed by atoms with E-state index in [9.17, 15) is 28.1 Å². The van der Waals surface area contributed by atoms with Crippen LogP contribution in [0.5, 0.6) is 0 Å². The molecule has 0 bridgehead atoms. The van der Waals surface area contributed by atoms with Crippen molar-refractivity contribution in [3.8, 4) is 0 Å². The van der Waals surface area contributed by atoms with Gasteiger partial charge < -0.3 is 10.6 Å². The normalized spacial score (nSPS) is 11.0. The molecule has 0 saturated heterocycles. The maximum absolute atomic E-state index is 12.8. The molecule has 9 heteroatoms. The summed E-state index contributed by atoms with van der Waals surface area (Å²) in [7, 11) is 1.41. The Kier molecular flexibility index (Phi) is 4.89. The van der Waals surface area contributed by atoms with Crippen molar-refractivity contribution in [1.29, 1.82) is 0 Å². The lowest BCUT2D eigenvalue weighted by atomic mass is 10.1. The summed E-state index contributed by atoms with van der Waals surface area (Å²) < 4.78 is 38.4. The summed E-state index contributed by atoms with van der Waals surface area (Å²) in [6, 6.07) is 2.41. The second kappa shape index (κ2) is 6.22. The van der Waals surface area contributed by atoms with Gasteiger partial charge in [-0.3, -0.25) is 14.9 Å². The van der Waals surface area contributed by atoms with Crippen LogP contribution in [0.3, 0.4) is 0 Å². The molecule has 110 valence electrons. The van der Waals surface area contributed by atoms with Crippen LogP contribution in [0.15, 0.2) is 18.2 Å². The van der Waals surface area contributed by atoms with E-state index in [0.29, 0.717) is 6.07 Å². The average molecular weight is 291 g/mol. The third-order valence-electron chi connectivity index (χ3n) is 2.47. The van der Waals surface area contributed by atoms with Gasteiger partial charge in [0.15, 0.2) is 0 Å². The first kappa shape index (κ1) is 15.7. The lowest BCUT2D eigenvalue weighted by Crippen LogP contribution is -2.21. The zero-order valence-corrected chi connectivity index (χ0v) is 10.5. The number of rotatable bonds is 5. The molecule has 0 aliphatic carbocycles. The van der Waals surface area contributed by atoms with E-state index in [-0.39, 0.29) is 24.6 Å². The number of nitrogens with one attached hydrogen (secondary N) is 2. The molecular weight excluding hydrogens is 279 g/mol. The number of benzene rings is 1. The van der Waals surface area contributed by atoms with Gasteiger partial charge in [0.1, 0.15) is 0 Å². The fourth-order valence-corrected chi connectivity index (χ4v) is 1.47. The average Bonchev–Trinajstić information content (AvgIpc) is 2.37. The summed E-state index contributed by atoms with van der Waals surface area (Å²) >= 11 is 0. The fraction of sp³-hybridized carbons (Fsp3) is 0.364. The molecule has 0 atom stereocenters. The molecule has 1 amide bonds. The second-order valence-corrected chi connectivity index (χ2v) is 3.83. The first-order valence-corrected chi connectivity index (χ1v) is 5.55. The molecule has 1 aromatic rings. The van der Waals surface area contributed by atoms with Gasteiger partial charge in [-0.1, -0.05) is 0 Å². The number of halogens is 3. The summed E-state index contributed by atoms with van der Waals surface area (Å²) in [4.78, 5) is 20.6. The van der Waals surface area contributed by atoms with Gasteiger partial charge >= 0.3 is 6.18 Å². The number of nitro groups is 1. The number of non-ortho nitro benzene ring substituents is 1. The van der Waals surface area contributed by atoms with Gasteiger partial charge in [0.2, 0.25) is 5.91 Å². The van der Waals surface area contributed by atoms with Crippen molar-refractivity contribution in [2.75, 3.05) is 18.9 Å². The topological polar surface area (TPSA) is 84.3 Å². The molecule has 0 heterocycles. The largest absolute Gasteiger partial charge is 0.418 e. The minimum absolute atomic E-state index is 0.00914. The SMILES string of the molecule is CNC(=O)CCNc1ccc([N+](=O)[O-])cc1C(F)(F)F. The number of amides is 1. The highest BCUT2D eigenvalue weighted by atomic mass is 19.4. The summed E-state index contributed by atoms with van der Waals surface area (Å²) in [6.07, 6.45) is -4.73. The zero-order valence-electron chi connectivity index (χ0n) is 10.5. The smallest absolute Gasteiger partial charge is 0.384 e. The molecular formula is C11H12F3N3O3. The van der Waals surface area contributed by atoms with Gasteiger partial charge in [0.05, 0.1) is 10.5 Å². The molecule has 0 radical (unpaired) electrons. The van der Waals surface area contributed by atoms with Gasteiger partial charge in [0, 0.05) is 37.8 Å². The highest BCUT2D eigenvalue weighted by molar-refractivity contribution is 5.76. The molecule has 2 N–H and O–H groups in total. The van der Waals surface area contributed by atoms with Crippen molar-refractivity contribution in [1.82, 2.24) is 5.32 Å². The Hall–Kier alpha value is -2.32. The van der Waals surface area contributed by atoms with Crippen molar-refractivity contribution in [2.24, 2.45) is 0 Å². The molecule has 6 nitrogen and oxygen atoms in total.